The van der Waals surface area contributed by atoms with E-state index in [-0.39, 0.29) is 30.2 Å². The monoisotopic (exact) mass is 421 g/mol. The second kappa shape index (κ2) is 9.06. The average Bonchev–Trinajstić information content (AvgIpc) is 3.13. The summed E-state index contributed by atoms with van der Waals surface area (Å²) in [6, 6.07) is 12.7. The van der Waals surface area contributed by atoms with Crippen LogP contribution < -0.4 is 5.73 Å². The van der Waals surface area contributed by atoms with Crippen LogP contribution in [0.3, 0.4) is 0 Å². The largest absolute Gasteiger partial charge is 0.416 e. The minimum absolute atomic E-state index is 0.0474. The summed E-state index contributed by atoms with van der Waals surface area (Å²) in [4.78, 5) is 16.5. The lowest BCUT2D eigenvalue weighted by Crippen LogP contribution is -2.39. The van der Waals surface area contributed by atoms with Crippen molar-refractivity contribution in [3.63, 3.8) is 0 Å². The highest BCUT2D eigenvalue weighted by Gasteiger charge is 2.32. The Kier molecular flexibility index (Phi) is 6.67. The van der Waals surface area contributed by atoms with Crippen LogP contribution in [-0.2, 0) is 17.4 Å². The Labute approximate surface area is 173 Å². The molecular weight excluding hydrogens is 395 g/mol. The number of benzene rings is 2. The van der Waals surface area contributed by atoms with Crippen molar-refractivity contribution in [3.8, 4) is 0 Å². The van der Waals surface area contributed by atoms with Crippen molar-refractivity contribution in [1.82, 2.24) is 9.80 Å². The zero-order chi connectivity index (χ0) is 21.9. The molecule has 0 radical (unpaired) electrons. The summed E-state index contributed by atoms with van der Waals surface area (Å²) in [6.45, 7) is 1.66. The van der Waals surface area contributed by atoms with Crippen LogP contribution in [0.4, 0.5) is 18.9 Å². The first-order valence-corrected chi connectivity index (χ1v) is 9.81. The fraction of sp³-hybridized carbons (Fsp3) is 0.409. The SMILES string of the molecule is CN(C[C@@H](c1ccccc1)N1CC[C@H](O)C1)C(=O)Cc1ccc(C(F)(F)F)cc1N. The van der Waals surface area contributed by atoms with Gasteiger partial charge in [-0.1, -0.05) is 36.4 Å². The number of hydrogen-bond acceptors (Lipinski definition) is 4. The smallest absolute Gasteiger partial charge is 0.398 e. The first-order valence-electron chi connectivity index (χ1n) is 9.81. The van der Waals surface area contributed by atoms with E-state index >= 15 is 0 Å². The first-order chi connectivity index (χ1) is 14.1. The lowest BCUT2D eigenvalue weighted by atomic mass is 10.0. The Bertz CT molecular complexity index is 874. The Morgan fingerprint density at radius 3 is 2.53 bits per heavy atom. The molecule has 1 aliphatic heterocycles. The summed E-state index contributed by atoms with van der Waals surface area (Å²) >= 11 is 0. The van der Waals surface area contributed by atoms with Gasteiger partial charge in [-0.05, 0) is 29.7 Å². The molecule has 1 saturated heterocycles. The standard InChI is InChI=1S/C22H26F3N3O2/c1-27(21(30)11-16-7-8-17(12-19(16)26)22(23,24)25)14-20(15-5-3-2-4-6-15)28-10-9-18(29)13-28/h2-8,12,18,20,29H,9-11,13-14,26H2,1H3/t18-,20-/m0/s1. The third-order valence-corrected chi connectivity index (χ3v) is 5.51. The van der Waals surface area contributed by atoms with Gasteiger partial charge >= 0.3 is 6.18 Å². The van der Waals surface area contributed by atoms with Crippen LogP contribution in [0.1, 0.15) is 29.2 Å². The van der Waals surface area contributed by atoms with E-state index in [4.69, 9.17) is 5.73 Å². The molecule has 3 rings (SSSR count). The van der Waals surface area contributed by atoms with Crippen molar-refractivity contribution >= 4 is 11.6 Å². The number of nitrogens with zero attached hydrogens (tertiary/aromatic N) is 2. The Hall–Kier alpha value is -2.58. The van der Waals surface area contributed by atoms with Crippen molar-refractivity contribution in [2.45, 2.75) is 31.2 Å². The van der Waals surface area contributed by atoms with Gasteiger partial charge in [-0.15, -0.1) is 0 Å². The molecule has 0 saturated carbocycles. The molecule has 1 heterocycles. The molecule has 0 unspecified atom stereocenters. The van der Waals surface area contributed by atoms with Gasteiger partial charge in [0.15, 0.2) is 0 Å². The Morgan fingerprint density at radius 1 is 1.27 bits per heavy atom. The minimum Gasteiger partial charge on any atom is -0.398 e. The number of nitrogen functional groups attached to an aromatic ring is 1. The van der Waals surface area contributed by atoms with Crippen molar-refractivity contribution < 1.29 is 23.1 Å². The molecule has 0 aromatic heterocycles. The number of halogens is 3. The van der Waals surface area contributed by atoms with Gasteiger partial charge < -0.3 is 15.7 Å². The van der Waals surface area contributed by atoms with Gasteiger partial charge in [0.2, 0.25) is 5.91 Å². The fourth-order valence-corrected chi connectivity index (χ4v) is 3.75. The van der Waals surface area contributed by atoms with Crippen LogP contribution >= 0.6 is 0 Å². The number of amides is 1. The molecule has 0 spiro atoms. The summed E-state index contributed by atoms with van der Waals surface area (Å²) in [5.74, 6) is -0.234. The summed E-state index contributed by atoms with van der Waals surface area (Å²) in [7, 11) is 1.67. The van der Waals surface area contributed by atoms with Crippen LogP contribution in [0, 0.1) is 0 Å². The van der Waals surface area contributed by atoms with Crippen LogP contribution in [0.15, 0.2) is 48.5 Å². The highest BCUT2D eigenvalue weighted by molar-refractivity contribution is 5.80. The number of anilines is 1. The van der Waals surface area contributed by atoms with E-state index in [1.165, 1.54) is 6.07 Å². The molecule has 2 aromatic rings. The minimum atomic E-state index is -4.48. The summed E-state index contributed by atoms with van der Waals surface area (Å²) in [6.07, 6.45) is -4.26. The molecule has 2 aromatic carbocycles. The third kappa shape index (κ3) is 5.31. The Balaban J connectivity index is 1.71. The number of β-amino-alcohol motifs (C(OH)–C–C–N with tert-alkyl or cyclic N) is 1. The zero-order valence-corrected chi connectivity index (χ0v) is 16.8. The van der Waals surface area contributed by atoms with Gasteiger partial charge in [-0.2, -0.15) is 13.2 Å². The van der Waals surface area contributed by atoms with Gasteiger partial charge in [0.1, 0.15) is 0 Å². The zero-order valence-electron chi connectivity index (χ0n) is 16.8. The van der Waals surface area contributed by atoms with E-state index in [9.17, 15) is 23.1 Å². The normalized spacial score (nSPS) is 18.4. The van der Waals surface area contributed by atoms with E-state index in [0.717, 1.165) is 24.2 Å². The van der Waals surface area contributed by atoms with Crippen molar-refractivity contribution in [2.75, 3.05) is 32.4 Å². The molecule has 1 fully saturated rings. The van der Waals surface area contributed by atoms with E-state index in [2.05, 4.69) is 4.90 Å². The number of rotatable bonds is 6. The predicted molar refractivity (Wildman–Crippen MR) is 109 cm³/mol. The van der Waals surface area contributed by atoms with Gasteiger partial charge in [-0.25, -0.2) is 0 Å². The van der Waals surface area contributed by atoms with Gasteiger partial charge in [-0.3, -0.25) is 9.69 Å². The van der Waals surface area contributed by atoms with E-state index in [0.29, 0.717) is 25.1 Å². The summed E-state index contributed by atoms with van der Waals surface area (Å²) in [5, 5.41) is 9.93. The van der Waals surface area contributed by atoms with Crippen LogP contribution in [0.5, 0.6) is 0 Å². The number of likely N-dealkylation sites (N-methyl/N-ethyl adjacent to an activating group) is 1. The van der Waals surface area contributed by atoms with Gasteiger partial charge in [0.05, 0.1) is 24.1 Å². The number of alkyl halides is 3. The fourth-order valence-electron chi connectivity index (χ4n) is 3.75. The summed E-state index contributed by atoms with van der Waals surface area (Å²) in [5.41, 5.74) is 6.30. The van der Waals surface area contributed by atoms with Crippen molar-refractivity contribution in [2.24, 2.45) is 0 Å². The maximum Gasteiger partial charge on any atom is 0.416 e. The third-order valence-electron chi connectivity index (χ3n) is 5.51. The molecule has 5 nitrogen and oxygen atoms in total. The van der Waals surface area contributed by atoms with Crippen LogP contribution in [-0.4, -0.2) is 53.6 Å². The number of hydrogen-bond donors (Lipinski definition) is 2. The van der Waals surface area contributed by atoms with E-state index < -0.39 is 11.7 Å². The Morgan fingerprint density at radius 2 is 1.97 bits per heavy atom. The van der Waals surface area contributed by atoms with Crippen LogP contribution in [0.2, 0.25) is 0 Å². The molecule has 2 atom stereocenters. The summed E-state index contributed by atoms with van der Waals surface area (Å²) < 4.78 is 38.5. The van der Waals surface area contributed by atoms with E-state index in [1.54, 1.807) is 11.9 Å². The number of aliphatic hydroxyl groups excluding tert-OH is 1. The van der Waals surface area contributed by atoms with Crippen molar-refractivity contribution in [3.05, 3.63) is 65.2 Å². The molecule has 8 heteroatoms. The highest BCUT2D eigenvalue weighted by atomic mass is 19.4. The number of aliphatic hydroxyl groups is 1. The van der Waals surface area contributed by atoms with Crippen LogP contribution in [0.25, 0.3) is 0 Å². The highest BCUT2D eigenvalue weighted by Crippen LogP contribution is 2.32. The molecule has 0 aliphatic carbocycles. The van der Waals surface area contributed by atoms with E-state index in [1.807, 2.05) is 30.3 Å². The average molecular weight is 421 g/mol. The van der Waals surface area contributed by atoms with Gasteiger partial charge in [0, 0.05) is 32.4 Å². The topological polar surface area (TPSA) is 69.8 Å². The number of carbonyl (C=O) groups is 1. The lowest BCUT2D eigenvalue weighted by molar-refractivity contribution is -0.137. The number of nitrogens with two attached hydrogens (primary N) is 1. The quantitative estimate of drug-likeness (QED) is 0.704. The molecule has 0 bridgehead atoms. The number of likely N-dealkylation sites (tertiary alicyclic amines) is 1. The van der Waals surface area contributed by atoms with Crippen molar-refractivity contribution in [1.29, 1.82) is 0 Å². The lowest BCUT2D eigenvalue weighted by Gasteiger charge is -2.32. The second-order valence-electron chi connectivity index (χ2n) is 7.73. The predicted octanol–water partition coefficient (Wildman–Crippen LogP) is 3.10. The maximum atomic E-state index is 12.8. The molecule has 3 N–H and O–H groups in total. The molecule has 1 aliphatic rings. The first kappa shape index (κ1) is 22.1. The molecule has 30 heavy (non-hydrogen) atoms. The molecule has 1 amide bonds. The van der Waals surface area contributed by atoms with Gasteiger partial charge in [0.25, 0.3) is 0 Å². The maximum absolute atomic E-state index is 12.8. The molecule has 162 valence electrons. The second-order valence-corrected chi connectivity index (χ2v) is 7.73. The molecular formula is C22H26F3N3O2. The number of carbonyl (C=O) groups excluding carboxylic acids is 1.